The van der Waals surface area contributed by atoms with Crippen molar-refractivity contribution in [3.63, 3.8) is 0 Å². The SMILES string of the molecule is CC(CO[N+](=O)[O-])NC(=O)c1cnccn1. The summed E-state index contributed by atoms with van der Waals surface area (Å²) in [5.41, 5.74) is 0.149. The van der Waals surface area contributed by atoms with E-state index in [1.165, 1.54) is 18.6 Å². The van der Waals surface area contributed by atoms with E-state index >= 15 is 0 Å². The summed E-state index contributed by atoms with van der Waals surface area (Å²) >= 11 is 0. The summed E-state index contributed by atoms with van der Waals surface area (Å²) < 4.78 is 0. The lowest BCUT2D eigenvalue weighted by atomic mass is 10.3. The molecule has 0 bridgehead atoms. The Balaban J connectivity index is 2.43. The molecule has 1 aromatic heterocycles. The van der Waals surface area contributed by atoms with E-state index in [1.54, 1.807) is 6.92 Å². The Morgan fingerprint density at radius 2 is 2.44 bits per heavy atom. The fourth-order valence-electron chi connectivity index (χ4n) is 0.928. The van der Waals surface area contributed by atoms with Crippen LogP contribution >= 0.6 is 0 Å². The van der Waals surface area contributed by atoms with E-state index in [0.29, 0.717) is 0 Å². The zero-order chi connectivity index (χ0) is 12.0. The second-order valence-electron chi connectivity index (χ2n) is 2.98. The lowest BCUT2D eigenvalue weighted by molar-refractivity contribution is -0.758. The van der Waals surface area contributed by atoms with Crippen LogP contribution in [0.5, 0.6) is 0 Å². The van der Waals surface area contributed by atoms with E-state index in [1.807, 2.05) is 0 Å². The molecule has 1 N–H and O–H groups in total. The fourth-order valence-corrected chi connectivity index (χ4v) is 0.928. The average molecular weight is 226 g/mol. The maximum Gasteiger partial charge on any atom is 0.294 e. The van der Waals surface area contributed by atoms with Gasteiger partial charge in [-0.2, -0.15) is 0 Å². The van der Waals surface area contributed by atoms with Crippen molar-refractivity contribution in [2.75, 3.05) is 6.61 Å². The van der Waals surface area contributed by atoms with Gasteiger partial charge < -0.3 is 10.2 Å². The van der Waals surface area contributed by atoms with Crippen molar-refractivity contribution in [1.29, 1.82) is 0 Å². The molecule has 0 aliphatic rings. The van der Waals surface area contributed by atoms with Crippen LogP contribution in [-0.2, 0) is 4.84 Å². The number of nitrogens with zero attached hydrogens (tertiary/aromatic N) is 3. The van der Waals surface area contributed by atoms with Crippen molar-refractivity contribution in [3.8, 4) is 0 Å². The number of carbonyl (C=O) groups excluding carboxylic acids is 1. The van der Waals surface area contributed by atoms with E-state index in [2.05, 4.69) is 20.1 Å². The first-order valence-corrected chi connectivity index (χ1v) is 4.44. The molecule has 16 heavy (non-hydrogen) atoms. The molecule has 0 saturated carbocycles. The summed E-state index contributed by atoms with van der Waals surface area (Å²) in [5.74, 6) is -0.451. The second-order valence-corrected chi connectivity index (χ2v) is 2.98. The van der Waals surface area contributed by atoms with Gasteiger partial charge in [-0.3, -0.25) is 9.78 Å². The molecule has 86 valence electrons. The van der Waals surface area contributed by atoms with Crippen molar-refractivity contribution in [2.45, 2.75) is 13.0 Å². The minimum Gasteiger partial charge on any atom is -0.346 e. The zero-order valence-corrected chi connectivity index (χ0v) is 8.49. The molecule has 0 fully saturated rings. The molecule has 8 heteroatoms. The molecule has 1 aromatic rings. The van der Waals surface area contributed by atoms with Crippen LogP contribution in [0.1, 0.15) is 17.4 Å². The highest BCUT2D eigenvalue weighted by atomic mass is 16.9. The van der Waals surface area contributed by atoms with Gasteiger partial charge in [-0.25, -0.2) is 4.98 Å². The van der Waals surface area contributed by atoms with Crippen LogP contribution < -0.4 is 5.32 Å². The minimum absolute atomic E-state index is 0.149. The predicted octanol–water partition coefficient (Wildman–Crippen LogP) is -0.197. The van der Waals surface area contributed by atoms with Crippen LogP contribution in [0.2, 0.25) is 0 Å². The summed E-state index contributed by atoms with van der Waals surface area (Å²) in [5, 5.41) is 11.5. The van der Waals surface area contributed by atoms with E-state index in [4.69, 9.17) is 0 Å². The van der Waals surface area contributed by atoms with Gasteiger partial charge in [0.25, 0.3) is 11.0 Å². The van der Waals surface area contributed by atoms with E-state index in [9.17, 15) is 14.9 Å². The van der Waals surface area contributed by atoms with E-state index in [-0.39, 0.29) is 12.3 Å². The summed E-state index contributed by atoms with van der Waals surface area (Å²) in [6, 6.07) is -0.486. The molecule has 0 aromatic carbocycles. The molecule has 0 aliphatic heterocycles. The molecule has 1 rings (SSSR count). The van der Waals surface area contributed by atoms with Crippen LogP contribution in [0.3, 0.4) is 0 Å². The monoisotopic (exact) mass is 226 g/mol. The number of carbonyl (C=O) groups is 1. The molecule has 1 heterocycles. The number of aromatic nitrogens is 2. The Bertz CT molecular complexity index is 370. The average Bonchev–Trinajstić information content (AvgIpc) is 2.27. The first-order chi connectivity index (χ1) is 7.59. The van der Waals surface area contributed by atoms with Gasteiger partial charge in [-0.1, -0.05) is 0 Å². The van der Waals surface area contributed by atoms with Crippen LogP contribution in [0.25, 0.3) is 0 Å². The summed E-state index contributed by atoms with van der Waals surface area (Å²) in [7, 11) is 0. The van der Waals surface area contributed by atoms with Crippen molar-refractivity contribution in [2.24, 2.45) is 0 Å². The maximum atomic E-state index is 11.5. The summed E-state index contributed by atoms with van der Waals surface area (Å²) in [6.45, 7) is 1.37. The zero-order valence-electron chi connectivity index (χ0n) is 8.49. The van der Waals surface area contributed by atoms with Gasteiger partial charge in [-0.15, -0.1) is 10.1 Å². The number of nitrogens with one attached hydrogen (secondary N) is 1. The highest BCUT2D eigenvalue weighted by Crippen LogP contribution is 1.92. The van der Waals surface area contributed by atoms with Gasteiger partial charge in [0.1, 0.15) is 12.3 Å². The van der Waals surface area contributed by atoms with Crippen LogP contribution in [0.4, 0.5) is 0 Å². The molecular weight excluding hydrogens is 216 g/mol. The van der Waals surface area contributed by atoms with Crippen molar-refractivity contribution < 1.29 is 14.7 Å². The molecule has 8 nitrogen and oxygen atoms in total. The third-order valence-corrected chi connectivity index (χ3v) is 1.60. The van der Waals surface area contributed by atoms with Crippen LogP contribution in [0.15, 0.2) is 18.6 Å². The lowest BCUT2D eigenvalue weighted by Crippen LogP contribution is -2.36. The van der Waals surface area contributed by atoms with Crippen LogP contribution in [0, 0.1) is 10.1 Å². The maximum absolute atomic E-state index is 11.5. The molecule has 0 aliphatic carbocycles. The Hall–Kier alpha value is -2.25. The molecule has 0 radical (unpaired) electrons. The molecule has 1 unspecified atom stereocenters. The third kappa shape index (κ3) is 3.86. The second kappa shape index (κ2) is 5.59. The molecule has 0 saturated heterocycles. The van der Waals surface area contributed by atoms with Crippen molar-refractivity contribution in [3.05, 3.63) is 34.4 Å². The first kappa shape index (κ1) is 11.8. The molecule has 1 atom stereocenters. The largest absolute Gasteiger partial charge is 0.346 e. The van der Waals surface area contributed by atoms with Crippen molar-refractivity contribution in [1.82, 2.24) is 15.3 Å². The quantitative estimate of drug-likeness (QED) is 0.550. The van der Waals surface area contributed by atoms with Gasteiger partial charge >= 0.3 is 0 Å². The van der Waals surface area contributed by atoms with Gasteiger partial charge in [0.15, 0.2) is 0 Å². The normalized spacial score (nSPS) is 11.6. The predicted molar refractivity (Wildman–Crippen MR) is 51.9 cm³/mol. The topological polar surface area (TPSA) is 107 Å². The Morgan fingerprint density at radius 3 is 3.00 bits per heavy atom. The third-order valence-electron chi connectivity index (χ3n) is 1.60. The lowest BCUT2D eigenvalue weighted by Gasteiger charge is -2.11. The first-order valence-electron chi connectivity index (χ1n) is 4.44. The summed E-state index contributed by atoms with van der Waals surface area (Å²) in [4.78, 5) is 33.0. The Morgan fingerprint density at radius 1 is 1.69 bits per heavy atom. The number of hydrogen-bond acceptors (Lipinski definition) is 6. The fraction of sp³-hybridized carbons (Fsp3) is 0.375. The molecule has 1 amide bonds. The van der Waals surface area contributed by atoms with Gasteiger partial charge in [0.05, 0.1) is 12.2 Å². The summed E-state index contributed by atoms with van der Waals surface area (Å²) in [6.07, 6.45) is 4.12. The highest BCUT2D eigenvalue weighted by molar-refractivity contribution is 5.92. The number of rotatable bonds is 5. The van der Waals surface area contributed by atoms with E-state index in [0.717, 1.165) is 0 Å². The number of amides is 1. The van der Waals surface area contributed by atoms with Gasteiger partial charge in [-0.05, 0) is 6.92 Å². The van der Waals surface area contributed by atoms with Crippen LogP contribution in [-0.4, -0.2) is 33.6 Å². The minimum atomic E-state index is -0.912. The Labute approximate surface area is 90.8 Å². The smallest absolute Gasteiger partial charge is 0.294 e. The van der Waals surface area contributed by atoms with Crippen molar-refractivity contribution >= 4 is 5.91 Å². The highest BCUT2D eigenvalue weighted by Gasteiger charge is 2.11. The van der Waals surface area contributed by atoms with Gasteiger partial charge in [0.2, 0.25) is 0 Å². The Kier molecular flexibility index (Phi) is 4.13. The van der Waals surface area contributed by atoms with E-state index < -0.39 is 17.0 Å². The standard InChI is InChI=1S/C8H10N4O4/c1-6(5-16-12(14)15)11-8(13)7-4-9-2-3-10-7/h2-4,6H,5H2,1H3,(H,11,13). The molecule has 0 spiro atoms. The van der Waals surface area contributed by atoms with Gasteiger partial charge in [0, 0.05) is 12.4 Å². The molecular formula is C8H10N4O4. The number of hydrogen-bond donors (Lipinski definition) is 1.